The molecule has 1 aliphatic rings. The van der Waals surface area contributed by atoms with Crippen molar-refractivity contribution in [1.29, 1.82) is 0 Å². The van der Waals surface area contributed by atoms with Crippen LogP contribution in [0.15, 0.2) is 10.6 Å². The van der Waals surface area contributed by atoms with Gasteiger partial charge in [0.1, 0.15) is 0 Å². The van der Waals surface area contributed by atoms with Crippen molar-refractivity contribution < 1.29 is 9.32 Å². The van der Waals surface area contributed by atoms with E-state index in [1.165, 1.54) is 0 Å². The Labute approximate surface area is 108 Å². The number of carbonyl (C=O) groups excluding carboxylic acids is 1. The summed E-state index contributed by atoms with van der Waals surface area (Å²) in [6, 6.07) is 1.95. The van der Waals surface area contributed by atoms with Crippen LogP contribution in [0, 0.1) is 6.92 Å². The third-order valence-corrected chi connectivity index (χ3v) is 3.65. The van der Waals surface area contributed by atoms with Gasteiger partial charge in [-0.3, -0.25) is 4.79 Å². The van der Waals surface area contributed by atoms with Crippen LogP contribution in [0.2, 0.25) is 0 Å². The SMILES string of the molecule is CNC(C)(C)C(=O)N1CCCC1c1cc(C)no1. The van der Waals surface area contributed by atoms with E-state index in [0.717, 1.165) is 30.8 Å². The predicted octanol–water partition coefficient (Wildman–Crippen LogP) is 1.64. The van der Waals surface area contributed by atoms with E-state index in [-0.39, 0.29) is 11.9 Å². The van der Waals surface area contributed by atoms with Gasteiger partial charge in [0, 0.05) is 12.6 Å². The van der Waals surface area contributed by atoms with Crippen LogP contribution in [0.5, 0.6) is 0 Å². The number of hydrogen-bond acceptors (Lipinski definition) is 4. The number of nitrogens with zero attached hydrogens (tertiary/aromatic N) is 2. The van der Waals surface area contributed by atoms with Gasteiger partial charge in [-0.1, -0.05) is 5.16 Å². The van der Waals surface area contributed by atoms with Crippen molar-refractivity contribution >= 4 is 5.91 Å². The van der Waals surface area contributed by atoms with E-state index in [4.69, 9.17) is 4.52 Å². The molecule has 1 atom stereocenters. The lowest BCUT2D eigenvalue weighted by molar-refractivity contribution is -0.138. The number of amides is 1. The first-order valence-electron chi connectivity index (χ1n) is 6.39. The highest BCUT2D eigenvalue weighted by molar-refractivity contribution is 5.86. The second kappa shape index (κ2) is 4.72. The minimum atomic E-state index is -0.544. The molecule has 0 aliphatic carbocycles. The first kappa shape index (κ1) is 13.1. The van der Waals surface area contributed by atoms with Crippen molar-refractivity contribution in [1.82, 2.24) is 15.4 Å². The van der Waals surface area contributed by atoms with Gasteiger partial charge in [0.15, 0.2) is 5.76 Å². The van der Waals surface area contributed by atoms with Crippen molar-refractivity contribution in [2.24, 2.45) is 0 Å². The fourth-order valence-corrected chi connectivity index (χ4v) is 2.31. The van der Waals surface area contributed by atoms with E-state index >= 15 is 0 Å². The molecule has 1 saturated heterocycles. The van der Waals surface area contributed by atoms with Gasteiger partial charge in [-0.25, -0.2) is 0 Å². The highest BCUT2D eigenvalue weighted by Crippen LogP contribution is 2.33. The topological polar surface area (TPSA) is 58.4 Å². The average molecular weight is 251 g/mol. The van der Waals surface area contributed by atoms with Gasteiger partial charge in [0.05, 0.1) is 17.3 Å². The normalized spacial score (nSPS) is 20.4. The molecule has 0 radical (unpaired) electrons. The Kier molecular flexibility index (Phi) is 3.43. The summed E-state index contributed by atoms with van der Waals surface area (Å²) in [5.74, 6) is 0.909. The van der Waals surface area contributed by atoms with Crippen LogP contribution in [0.4, 0.5) is 0 Å². The van der Waals surface area contributed by atoms with Gasteiger partial charge in [-0.05, 0) is 40.7 Å². The fourth-order valence-electron chi connectivity index (χ4n) is 2.31. The highest BCUT2D eigenvalue weighted by Gasteiger charge is 2.38. The maximum Gasteiger partial charge on any atom is 0.242 e. The third-order valence-electron chi connectivity index (χ3n) is 3.65. The summed E-state index contributed by atoms with van der Waals surface area (Å²) in [4.78, 5) is 14.4. The molecule has 0 spiro atoms. The smallest absolute Gasteiger partial charge is 0.242 e. The minimum Gasteiger partial charge on any atom is -0.359 e. The second-order valence-electron chi connectivity index (χ2n) is 5.40. The molecule has 1 fully saturated rings. The molecule has 0 saturated carbocycles. The summed E-state index contributed by atoms with van der Waals surface area (Å²) in [6.45, 7) is 6.48. The first-order chi connectivity index (χ1) is 8.45. The van der Waals surface area contributed by atoms with Gasteiger partial charge < -0.3 is 14.7 Å². The standard InChI is InChI=1S/C13H21N3O2/c1-9-8-11(18-15-9)10-6-5-7-16(10)12(17)13(2,3)14-4/h8,10,14H,5-7H2,1-4H3. The third kappa shape index (κ3) is 2.27. The Morgan fingerprint density at radius 2 is 2.33 bits per heavy atom. The Balaban J connectivity index is 2.20. The van der Waals surface area contributed by atoms with Crippen LogP contribution in [-0.2, 0) is 4.79 Å². The largest absolute Gasteiger partial charge is 0.359 e. The van der Waals surface area contributed by atoms with Crippen LogP contribution < -0.4 is 5.32 Å². The van der Waals surface area contributed by atoms with Gasteiger partial charge in [0.2, 0.25) is 5.91 Å². The zero-order valence-electron chi connectivity index (χ0n) is 11.5. The Morgan fingerprint density at radius 3 is 2.89 bits per heavy atom. The van der Waals surface area contributed by atoms with Gasteiger partial charge in [-0.15, -0.1) is 0 Å². The molecule has 1 aromatic rings. The van der Waals surface area contributed by atoms with Crippen molar-refractivity contribution in [3.63, 3.8) is 0 Å². The van der Waals surface area contributed by atoms with Crippen LogP contribution >= 0.6 is 0 Å². The summed E-state index contributed by atoms with van der Waals surface area (Å²) in [5.41, 5.74) is 0.315. The molecule has 1 aliphatic heterocycles. The second-order valence-corrected chi connectivity index (χ2v) is 5.40. The molecule has 1 amide bonds. The van der Waals surface area contributed by atoms with Gasteiger partial charge >= 0.3 is 0 Å². The minimum absolute atomic E-state index is 0.0336. The van der Waals surface area contributed by atoms with Gasteiger partial charge in [0.25, 0.3) is 0 Å². The van der Waals surface area contributed by atoms with E-state index in [1.54, 1.807) is 0 Å². The maximum atomic E-state index is 12.5. The monoisotopic (exact) mass is 251 g/mol. The first-order valence-corrected chi connectivity index (χ1v) is 6.39. The molecular weight excluding hydrogens is 230 g/mol. The Bertz CT molecular complexity index is 439. The maximum absolute atomic E-state index is 12.5. The average Bonchev–Trinajstić information content (AvgIpc) is 2.95. The molecule has 0 aromatic carbocycles. The summed E-state index contributed by atoms with van der Waals surface area (Å²) >= 11 is 0. The van der Waals surface area contributed by atoms with Crippen LogP contribution in [-0.4, -0.2) is 35.1 Å². The predicted molar refractivity (Wildman–Crippen MR) is 68.1 cm³/mol. The number of likely N-dealkylation sites (tertiary alicyclic amines) is 1. The summed E-state index contributed by atoms with van der Waals surface area (Å²) in [7, 11) is 1.81. The number of likely N-dealkylation sites (N-methyl/N-ethyl adjacent to an activating group) is 1. The van der Waals surface area contributed by atoms with Crippen LogP contribution in [0.25, 0.3) is 0 Å². The van der Waals surface area contributed by atoms with E-state index in [1.807, 2.05) is 38.8 Å². The lowest BCUT2D eigenvalue weighted by Gasteiger charge is -2.31. The summed E-state index contributed by atoms with van der Waals surface area (Å²) in [6.07, 6.45) is 1.95. The Hall–Kier alpha value is -1.36. The highest BCUT2D eigenvalue weighted by atomic mass is 16.5. The summed E-state index contributed by atoms with van der Waals surface area (Å²) < 4.78 is 5.31. The van der Waals surface area contributed by atoms with Crippen molar-refractivity contribution in [3.8, 4) is 0 Å². The van der Waals surface area contributed by atoms with Crippen molar-refractivity contribution in [2.45, 2.75) is 45.2 Å². The van der Waals surface area contributed by atoms with E-state index < -0.39 is 5.54 Å². The molecule has 2 heterocycles. The molecule has 1 aromatic heterocycles. The van der Waals surface area contributed by atoms with E-state index in [0.29, 0.717) is 0 Å². The lowest BCUT2D eigenvalue weighted by Crippen LogP contribution is -2.52. The zero-order valence-corrected chi connectivity index (χ0v) is 11.5. The molecular formula is C13H21N3O2. The molecule has 0 bridgehead atoms. The summed E-state index contributed by atoms with van der Waals surface area (Å²) in [5, 5.41) is 6.97. The quantitative estimate of drug-likeness (QED) is 0.887. The molecule has 5 heteroatoms. The number of rotatable bonds is 3. The van der Waals surface area contributed by atoms with Crippen molar-refractivity contribution in [2.75, 3.05) is 13.6 Å². The molecule has 1 unspecified atom stereocenters. The van der Waals surface area contributed by atoms with Crippen LogP contribution in [0.1, 0.15) is 44.2 Å². The lowest BCUT2D eigenvalue weighted by atomic mass is 10.0. The number of aromatic nitrogens is 1. The van der Waals surface area contributed by atoms with E-state index in [2.05, 4.69) is 10.5 Å². The number of aryl methyl sites for hydroxylation is 1. The molecule has 18 heavy (non-hydrogen) atoms. The number of carbonyl (C=O) groups is 1. The Morgan fingerprint density at radius 1 is 1.61 bits per heavy atom. The molecule has 1 N–H and O–H groups in total. The number of nitrogens with one attached hydrogen (secondary N) is 1. The molecule has 100 valence electrons. The van der Waals surface area contributed by atoms with Gasteiger partial charge in [-0.2, -0.15) is 0 Å². The molecule has 5 nitrogen and oxygen atoms in total. The molecule has 2 rings (SSSR count). The number of hydrogen-bond donors (Lipinski definition) is 1. The van der Waals surface area contributed by atoms with E-state index in [9.17, 15) is 4.79 Å². The zero-order chi connectivity index (χ0) is 13.3. The van der Waals surface area contributed by atoms with Crippen molar-refractivity contribution in [3.05, 3.63) is 17.5 Å². The fraction of sp³-hybridized carbons (Fsp3) is 0.692. The van der Waals surface area contributed by atoms with Crippen LogP contribution in [0.3, 0.4) is 0 Å².